The predicted molar refractivity (Wildman–Crippen MR) is 78.8 cm³/mol. The van der Waals surface area contributed by atoms with Crippen LogP contribution in [0.3, 0.4) is 0 Å². The van der Waals surface area contributed by atoms with Crippen molar-refractivity contribution in [2.24, 2.45) is 5.41 Å². The summed E-state index contributed by atoms with van der Waals surface area (Å²) in [6, 6.07) is 9.81. The monoisotopic (exact) mass is 269 g/mol. The van der Waals surface area contributed by atoms with Crippen LogP contribution in [0.4, 0.5) is 0 Å². The van der Waals surface area contributed by atoms with E-state index in [9.17, 15) is 4.79 Å². The van der Waals surface area contributed by atoms with Crippen LogP contribution < -0.4 is 4.74 Å². The molecular formula is C17H19NO2. The molecule has 0 N–H and O–H groups in total. The summed E-state index contributed by atoms with van der Waals surface area (Å²) in [6.07, 6.45) is 3.99. The van der Waals surface area contributed by atoms with Crippen molar-refractivity contribution in [3.63, 3.8) is 0 Å². The minimum absolute atomic E-state index is 0.00388. The number of carbonyl (C=O) groups excluding carboxylic acids is 1. The van der Waals surface area contributed by atoms with Crippen molar-refractivity contribution in [2.75, 3.05) is 0 Å². The van der Waals surface area contributed by atoms with Gasteiger partial charge in [-0.2, -0.15) is 0 Å². The minimum Gasteiger partial charge on any atom is -0.488 e. The maximum absolute atomic E-state index is 12.0. The second-order valence-corrected chi connectivity index (χ2v) is 5.42. The largest absolute Gasteiger partial charge is 0.488 e. The van der Waals surface area contributed by atoms with Crippen LogP contribution in [0.25, 0.3) is 10.9 Å². The Morgan fingerprint density at radius 1 is 1.25 bits per heavy atom. The topological polar surface area (TPSA) is 39.2 Å². The molecule has 3 rings (SSSR count). The van der Waals surface area contributed by atoms with Gasteiger partial charge in [0.2, 0.25) is 0 Å². The second-order valence-electron chi connectivity index (χ2n) is 5.42. The number of carbonyl (C=O) groups is 1. The zero-order valence-corrected chi connectivity index (χ0v) is 11.9. The fraction of sp³-hybridized carbons (Fsp3) is 0.412. The van der Waals surface area contributed by atoms with Crippen molar-refractivity contribution in [2.45, 2.75) is 39.2 Å². The van der Waals surface area contributed by atoms with Gasteiger partial charge in [-0.3, -0.25) is 9.78 Å². The number of Topliss-reactive ketones (excluding diaryl/α,β-unsaturated/α-hetero) is 1. The summed E-state index contributed by atoms with van der Waals surface area (Å²) in [5, 5.41) is 1.01. The van der Waals surface area contributed by atoms with Gasteiger partial charge in [-0.25, -0.2) is 0 Å². The number of fused-ring (bicyclic) bond motifs is 1. The van der Waals surface area contributed by atoms with Gasteiger partial charge >= 0.3 is 0 Å². The molecule has 0 saturated heterocycles. The number of pyridine rings is 1. The van der Waals surface area contributed by atoms with Crippen molar-refractivity contribution in [1.82, 2.24) is 4.98 Å². The number of ether oxygens (including phenoxy) is 1. The van der Waals surface area contributed by atoms with Crippen molar-refractivity contribution < 1.29 is 9.53 Å². The highest BCUT2D eigenvalue weighted by Crippen LogP contribution is 2.46. The van der Waals surface area contributed by atoms with E-state index in [1.165, 1.54) is 0 Å². The Bertz CT molecular complexity index is 641. The lowest BCUT2D eigenvalue weighted by molar-refractivity contribution is -0.153. The minimum atomic E-state index is -0.287. The Labute approximate surface area is 119 Å². The van der Waals surface area contributed by atoms with Gasteiger partial charge in [0.1, 0.15) is 17.6 Å². The molecule has 1 aliphatic carbocycles. The van der Waals surface area contributed by atoms with Crippen LogP contribution in [0, 0.1) is 5.41 Å². The third-order valence-corrected chi connectivity index (χ3v) is 4.68. The molecule has 0 aliphatic heterocycles. The molecule has 1 aromatic heterocycles. The molecule has 2 aromatic rings. The summed E-state index contributed by atoms with van der Waals surface area (Å²) in [6.45, 7) is 4.14. The van der Waals surface area contributed by atoms with Gasteiger partial charge in [0, 0.05) is 18.0 Å². The van der Waals surface area contributed by atoms with Crippen molar-refractivity contribution in [3.8, 4) is 5.75 Å². The third kappa shape index (κ3) is 1.80. The predicted octanol–water partition coefficient (Wildman–Crippen LogP) is 3.76. The molecule has 0 radical (unpaired) electrons. The number of aromatic nitrogens is 1. The Balaban J connectivity index is 1.93. The molecule has 1 aliphatic rings. The molecule has 0 amide bonds. The van der Waals surface area contributed by atoms with Gasteiger partial charge in [-0.15, -0.1) is 0 Å². The number of hydrogen-bond acceptors (Lipinski definition) is 3. The molecule has 0 bridgehead atoms. The molecule has 1 saturated carbocycles. The average molecular weight is 269 g/mol. The van der Waals surface area contributed by atoms with E-state index in [2.05, 4.69) is 18.8 Å². The number of benzene rings is 1. The lowest BCUT2D eigenvalue weighted by atomic mass is 9.61. The van der Waals surface area contributed by atoms with Crippen LogP contribution in [-0.2, 0) is 4.79 Å². The molecule has 1 heterocycles. The summed E-state index contributed by atoms with van der Waals surface area (Å²) in [5.74, 6) is 1.17. The van der Waals surface area contributed by atoms with Crippen molar-refractivity contribution >= 4 is 16.7 Å². The first-order chi connectivity index (χ1) is 9.71. The van der Waals surface area contributed by atoms with Gasteiger partial charge in [0.25, 0.3) is 0 Å². The SMILES string of the molecule is CCC1(CC)C(=O)CC1Oc1cccc2ncccc12. The molecule has 104 valence electrons. The van der Waals surface area contributed by atoms with Crippen LogP contribution in [0.15, 0.2) is 36.5 Å². The fourth-order valence-electron chi connectivity index (χ4n) is 3.20. The molecule has 1 atom stereocenters. The summed E-state index contributed by atoms with van der Waals surface area (Å²) in [7, 11) is 0. The molecule has 1 unspecified atom stereocenters. The van der Waals surface area contributed by atoms with E-state index < -0.39 is 0 Å². The molecule has 1 aromatic carbocycles. The first-order valence-electron chi connectivity index (χ1n) is 7.25. The second kappa shape index (κ2) is 4.89. The van der Waals surface area contributed by atoms with E-state index in [1.807, 2.05) is 30.3 Å². The van der Waals surface area contributed by atoms with Gasteiger partial charge in [0.15, 0.2) is 0 Å². The maximum atomic E-state index is 12.0. The average Bonchev–Trinajstić information content (AvgIpc) is 2.48. The van der Waals surface area contributed by atoms with Crippen LogP contribution in [-0.4, -0.2) is 16.9 Å². The molecule has 1 fully saturated rings. The molecule has 0 spiro atoms. The Hall–Kier alpha value is -1.90. The van der Waals surface area contributed by atoms with Crippen LogP contribution in [0.5, 0.6) is 5.75 Å². The highest BCUT2D eigenvalue weighted by Gasteiger charge is 2.53. The van der Waals surface area contributed by atoms with E-state index in [0.29, 0.717) is 12.2 Å². The zero-order chi connectivity index (χ0) is 14.2. The van der Waals surface area contributed by atoms with E-state index >= 15 is 0 Å². The smallest absolute Gasteiger partial charge is 0.146 e. The summed E-state index contributed by atoms with van der Waals surface area (Å²) in [5.41, 5.74) is 0.638. The van der Waals surface area contributed by atoms with E-state index in [0.717, 1.165) is 29.5 Å². The Morgan fingerprint density at radius 2 is 2.05 bits per heavy atom. The van der Waals surface area contributed by atoms with Crippen LogP contribution in [0.2, 0.25) is 0 Å². The quantitative estimate of drug-likeness (QED) is 0.848. The summed E-state index contributed by atoms with van der Waals surface area (Å²) >= 11 is 0. The number of nitrogens with zero attached hydrogens (tertiary/aromatic N) is 1. The zero-order valence-electron chi connectivity index (χ0n) is 11.9. The van der Waals surface area contributed by atoms with E-state index in [-0.39, 0.29) is 11.5 Å². The third-order valence-electron chi connectivity index (χ3n) is 4.68. The normalized spacial score (nSPS) is 20.7. The van der Waals surface area contributed by atoms with Gasteiger partial charge in [-0.05, 0) is 37.1 Å². The molecular weight excluding hydrogens is 250 g/mol. The molecule has 20 heavy (non-hydrogen) atoms. The Kier molecular flexibility index (Phi) is 3.20. The van der Waals surface area contributed by atoms with Gasteiger partial charge < -0.3 is 4.74 Å². The standard InChI is InChI=1S/C17H19NO2/c1-3-17(4-2)15(19)11-16(17)20-14-9-5-8-13-12(14)7-6-10-18-13/h5-10,16H,3-4,11H2,1-2H3. The van der Waals surface area contributed by atoms with Crippen molar-refractivity contribution in [3.05, 3.63) is 36.5 Å². The van der Waals surface area contributed by atoms with Gasteiger partial charge in [0.05, 0.1) is 10.9 Å². The molecule has 3 heteroatoms. The summed E-state index contributed by atoms with van der Waals surface area (Å²) in [4.78, 5) is 16.3. The van der Waals surface area contributed by atoms with Crippen LogP contribution >= 0.6 is 0 Å². The lowest BCUT2D eigenvalue weighted by Gasteiger charge is -2.46. The fourth-order valence-corrected chi connectivity index (χ4v) is 3.20. The van der Waals surface area contributed by atoms with Crippen molar-refractivity contribution in [1.29, 1.82) is 0 Å². The number of ketones is 1. The first-order valence-corrected chi connectivity index (χ1v) is 7.25. The summed E-state index contributed by atoms with van der Waals surface area (Å²) < 4.78 is 6.17. The lowest BCUT2D eigenvalue weighted by Crippen LogP contribution is -2.56. The Morgan fingerprint density at radius 3 is 2.75 bits per heavy atom. The molecule has 3 nitrogen and oxygen atoms in total. The maximum Gasteiger partial charge on any atom is 0.146 e. The highest BCUT2D eigenvalue weighted by atomic mass is 16.5. The van der Waals surface area contributed by atoms with E-state index in [1.54, 1.807) is 6.20 Å². The highest BCUT2D eigenvalue weighted by molar-refractivity contribution is 5.93. The van der Waals surface area contributed by atoms with Gasteiger partial charge in [-0.1, -0.05) is 19.9 Å². The van der Waals surface area contributed by atoms with Crippen LogP contribution in [0.1, 0.15) is 33.1 Å². The number of hydrogen-bond donors (Lipinski definition) is 0. The van der Waals surface area contributed by atoms with E-state index in [4.69, 9.17) is 4.74 Å². The number of rotatable bonds is 4. The first kappa shape index (κ1) is 13.1.